The molecular formula is C15H16N4O. The molecule has 102 valence electrons. The van der Waals surface area contributed by atoms with Crippen molar-refractivity contribution in [2.75, 3.05) is 6.54 Å². The molecule has 5 nitrogen and oxygen atoms in total. The SMILES string of the molecule is CCCN=C1NC(=O)C(c2cccc3cccnc23)N1. The first-order valence-electron chi connectivity index (χ1n) is 6.75. The number of aromatic nitrogens is 1. The Morgan fingerprint density at radius 2 is 2.15 bits per heavy atom. The minimum atomic E-state index is -0.427. The zero-order valence-electron chi connectivity index (χ0n) is 11.3. The van der Waals surface area contributed by atoms with Gasteiger partial charge in [-0.25, -0.2) is 0 Å². The molecule has 1 saturated heterocycles. The summed E-state index contributed by atoms with van der Waals surface area (Å²) in [6.45, 7) is 2.75. The number of carbonyl (C=O) groups is 1. The van der Waals surface area contributed by atoms with E-state index in [-0.39, 0.29) is 5.91 Å². The standard InChI is InChI=1S/C15H16N4O/c1-2-8-17-15-18-13(14(20)19-15)11-7-3-5-10-6-4-9-16-12(10)11/h3-7,9,13H,2,8H2,1H3,(H2,17,18,19,20). The van der Waals surface area contributed by atoms with E-state index in [1.54, 1.807) is 6.20 Å². The van der Waals surface area contributed by atoms with Crippen molar-refractivity contribution in [1.29, 1.82) is 0 Å². The average Bonchev–Trinajstić information content (AvgIpc) is 2.85. The summed E-state index contributed by atoms with van der Waals surface area (Å²) >= 11 is 0. The lowest BCUT2D eigenvalue weighted by Crippen LogP contribution is -2.25. The highest BCUT2D eigenvalue weighted by molar-refractivity contribution is 6.08. The molecule has 1 atom stereocenters. The number of carbonyl (C=O) groups excluding carboxylic acids is 1. The van der Waals surface area contributed by atoms with Crippen LogP contribution in [0.5, 0.6) is 0 Å². The number of rotatable bonds is 3. The van der Waals surface area contributed by atoms with Crippen LogP contribution in [0.15, 0.2) is 41.5 Å². The van der Waals surface area contributed by atoms with Gasteiger partial charge in [0.05, 0.1) is 5.52 Å². The molecule has 0 radical (unpaired) electrons. The van der Waals surface area contributed by atoms with Gasteiger partial charge in [-0.1, -0.05) is 31.2 Å². The van der Waals surface area contributed by atoms with E-state index in [1.807, 2.05) is 37.3 Å². The molecule has 2 N–H and O–H groups in total. The third-order valence-corrected chi connectivity index (χ3v) is 3.25. The summed E-state index contributed by atoms with van der Waals surface area (Å²) in [6.07, 6.45) is 2.69. The molecule has 1 amide bonds. The first kappa shape index (κ1) is 12.6. The van der Waals surface area contributed by atoms with E-state index in [0.29, 0.717) is 12.5 Å². The Hall–Kier alpha value is -2.43. The normalized spacial score (nSPS) is 20.1. The number of para-hydroxylation sites is 1. The summed E-state index contributed by atoms with van der Waals surface area (Å²) in [5.74, 6) is 0.466. The van der Waals surface area contributed by atoms with Crippen molar-refractivity contribution in [3.8, 4) is 0 Å². The molecule has 1 aliphatic heterocycles. The van der Waals surface area contributed by atoms with Gasteiger partial charge in [0, 0.05) is 23.7 Å². The zero-order chi connectivity index (χ0) is 13.9. The molecule has 0 aliphatic carbocycles. The molecule has 20 heavy (non-hydrogen) atoms. The third kappa shape index (κ3) is 2.22. The second kappa shape index (κ2) is 5.28. The van der Waals surface area contributed by atoms with E-state index >= 15 is 0 Å². The van der Waals surface area contributed by atoms with Gasteiger partial charge in [-0.15, -0.1) is 0 Å². The van der Waals surface area contributed by atoms with Gasteiger partial charge >= 0.3 is 0 Å². The maximum atomic E-state index is 12.1. The highest BCUT2D eigenvalue weighted by Crippen LogP contribution is 2.24. The lowest BCUT2D eigenvalue weighted by atomic mass is 10.0. The molecule has 5 heteroatoms. The molecular weight excluding hydrogens is 252 g/mol. The Balaban J connectivity index is 1.98. The first-order chi connectivity index (χ1) is 9.79. The Morgan fingerprint density at radius 1 is 1.30 bits per heavy atom. The summed E-state index contributed by atoms with van der Waals surface area (Å²) in [6, 6.07) is 9.31. The number of aliphatic imine (C=N–C) groups is 1. The summed E-state index contributed by atoms with van der Waals surface area (Å²) in [4.78, 5) is 20.8. The Morgan fingerprint density at radius 3 is 3.00 bits per heavy atom. The van der Waals surface area contributed by atoms with Crippen LogP contribution in [0.1, 0.15) is 24.9 Å². The second-order valence-corrected chi connectivity index (χ2v) is 4.72. The molecule has 1 aromatic carbocycles. The van der Waals surface area contributed by atoms with Crippen LogP contribution < -0.4 is 10.6 Å². The van der Waals surface area contributed by atoms with Gasteiger partial charge in [-0.2, -0.15) is 0 Å². The van der Waals surface area contributed by atoms with E-state index in [4.69, 9.17) is 0 Å². The van der Waals surface area contributed by atoms with Crippen LogP contribution in [0.25, 0.3) is 10.9 Å². The Kier molecular flexibility index (Phi) is 3.33. The Labute approximate surface area is 117 Å². The van der Waals surface area contributed by atoms with E-state index in [9.17, 15) is 4.79 Å². The number of hydrogen-bond acceptors (Lipinski definition) is 3. The van der Waals surface area contributed by atoms with Crippen molar-refractivity contribution in [3.63, 3.8) is 0 Å². The van der Waals surface area contributed by atoms with Crippen molar-refractivity contribution < 1.29 is 4.79 Å². The fourth-order valence-electron chi connectivity index (χ4n) is 2.32. The number of nitrogens with one attached hydrogen (secondary N) is 2. The van der Waals surface area contributed by atoms with Gasteiger partial charge in [0.1, 0.15) is 6.04 Å². The van der Waals surface area contributed by atoms with Crippen molar-refractivity contribution in [1.82, 2.24) is 15.6 Å². The monoisotopic (exact) mass is 268 g/mol. The fraction of sp³-hybridized carbons (Fsp3) is 0.267. The first-order valence-corrected chi connectivity index (χ1v) is 6.75. The van der Waals surface area contributed by atoms with Crippen LogP contribution in [0.2, 0.25) is 0 Å². The topological polar surface area (TPSA) is 66.4 Å². The number of guanidine groups is 1. The van der Waals surface area contributed by atoms with Gasteiger partial charge in [-0.05, 0) is 12.5 Å². The van der Waals surface area contributed by atoms with Gasteiger partial charge in [0.25, 0.3) is 5.91 Å². The Bertz CT molecular complexity index is 675. The molecule has 2 heterocycles. The van der Waals surface area contributed by atoms with Crippen molar-refractivity contribution >= 4 is 22.8 Å². The summed E-state index contributed by atoms with van der Waals surface area (Å²) in [5, 5.41) is 6.93. The van der Waals surface area contributed by atoms with Crippen LogP contribution in [0.4, 0.5) is 0 Å². The maximum absolute atomic E-state index is 12.1. The number of nitrogens with zero attached hydrogens (tertiary/aromatic N) is 2. The molecule has 1 aromatic heterocycles. The highest BCUT2D eigenvalue weighted by Gasteiger charge is 2.30. The number of amides is 1. The third-order valence-electron chi connectivity index (χ3n) is 3.25. The van der Waals surface area contributed by atoms with Crippen LogP contribution in [-0.4, -0.2) is 23.4 Å². The number of pyridine rings is 1. The summed E-state index contributed by atoms with van der Waals surface area (Å²) in [7, 11) is 0. The quantitative estimate of drug-likeness (QED) is 0.891. The largest absolute Gasteiger partial charge is 0.340 e. The number of fused-ring (bicyclic) bond motifs is 1. The van der Waals surface area contributed by atoms with Gasteiger partial charge < -0.3 is 5.32 Å². The summed E-state index contributed by atoms with van der Waals surface area (Å²) < 4.78 is 0. The summed E-state index contributed by atoms with van der Waals surface area (Å²) in [5.41, 5.74) is 1.72. The van der Waals surface area contributed by atoms with Crippen LogP contribution >= 0.6 is 0 Å². The van der Waals surface area contributed by atoms with Crippen LogP contribution in [-0.2, 0) is 4.79 Å². The number of benzene rings is 1. The van der Waals surface area contributed by atoms with Gasteiger partial charge in [0.15, 0.2) is 5.96 Å². The lowest BCUT2D eigenvalue weighted by Gasteiger charge is -2.10. The van der Waals surface area contributed by atoms with E-state index in [2.05, 4.69) is 20.6 Å². The zero-order valence-corrected chi connectivity index (χ0v) is 11.3. The maximum Gasteiger partial charge on any atom is 0.253 e. The smallest absolute Gasteiger partial charge is 0.253 e. The molecule has 0 bridgehead atoms. The second-order valence-electron chi connectivity index (χ2n) is 4.72. The van der Waals surface area contributed by atoms with Crippen LogP contribution in [0.3, 0.4) is 0 Å². The molecule has 0 saturated carbocycles. The van der Waals surface area contributed by atoms with E-state index < -0.39 is 6.04 Å². The minimum absolute atomic E-state index is 0.0852. The molecule has 1 aliphatic rings. The molecule has 2 aromatic rings. The predicted octanol–water partition coefficient (Wildman–Crippen LogP) is 1.76. The van der Waals surface area contributed by atoms with Crippen molar-refractivity contribution in [2.24, 2.45) is 4.99 Å². The van der Waals surface area contributed by atoms with Crippen LogP contribution in [0, 0.1) is 0 Å². The van der Waals surface area contributed by atoms with Gasteiger partial charge in [0.2, 0.25) is 0 Å². The fourth-order valence-corrected chi connectivity index (χ4v) is 2.32. The lowest BCUT2D eigenvalue weighted by molar-refractivity contribution is -0.120. The predicted molar refractivity (Wildman–Crippen MR) is 78.4 cm³/mol. The van der Waals surface area contributed by atoms with Gasteiger partial charge in [-0.3, -0.25) is 20.1 Å². The number of hydrogen-bond donors (Lipinski definition) is 2. The minimum Gasteiger partial charge on any atom is -0.340 e. The molecule has 1 unspecified atom stereocenters. The molecule has 1 fully saturated rings. The van der Waals surface area contributed by atoms with E-state index in [1.165, 1.54) is 0 Å². The highest BCUT2D eigenvalue weighted by atomic mass is 16.2. The van der Waals surface area contributed by atoms with Crippen molar-refractivity contribution in [3.05, 3.63) is 42.1 Å². The average molecular weight is 268 g/mol. The molecule has 3 rings (SSSR count). The molecule has 0 spiro atoms. The van der Waals surface area contributed by atoms with E-state index in [0.717, 1.165) is 22.9 Å². The van der Waals surface area contributed by atoms with Crippen molar-refractivity contribution in [2.45, 2.75) is 19.4 Å².